The number of H-pyrrole nitrogens is 1. The van der Waals surface area contributed by atoms with Crippen LogP contribution in [0.4, 0.5) is 0 Å². The van der Waals surface area contributed by atoms with Crippen molar-refractivity contribution in [2.75, 3.05) is 6.54 Å². The Hall–Kier alpha value is -2.63. The molecule has 1 fully saturated rings. The zero-order chi connectivity index (χ0) is 17.2. The van der Waals surface area contributed by atoms with Crippen LogP contribution in [0.5, 0.6) is 0 Å². The summed E-state index contributed by atoms with van der Waals surface area (Å²) in [6.45, 7) is 3.44. The van der Waals surface area contributed by atoms with Crippen LogP contribution in [0.1, 0.15) is 43.2 Å². The van der Waals surface area contributed by atoms with Gasteiger partial charge in [0.1, 0.15) is 5.82 Å². The predicted molar refractivity (Wildman–Crippen MR) is 96.0 cm³/mol. The molecule has 6 heteroatoms. The molecular weight excluding hydrogens is 314 g/mol. The molecule has 0 spiro atoms. The Labute approximate surface area is 146 Å². The largest absolute Gasteiger partial charge is 0.340 e. The van der Waals surface area contributed by atoms with E-state index in [4.69, 9.17) is 4.98 Å². The van der Waals surface area contributed by atoms with E-state index in [1.165, 1.54) is 0 Å². The number of piperidine rings is 1. The fraction of sp³-hybridized carbons (Fsp3) is 0.421. The zero-order valence-electron chi connectivity index (χ0n) is 14.5. The molecule has 2 aromatic heterocycles. The molecule has 1 amide bonds. The Kier molecular flexibility index (Phi) is 4.26. The molecule has 1 unspecified atom stereocenters. The normalized spacial score (nSPS) is 18.0. The third-order valence-corrected chi connectivity index (χ3v) is 5.01. The fourth-order valence-corrected chi connectivity index (χ4v) is 3.62. The Bertz CT molecular complexity index is 848. The van der Waals surface area contributed by atoms with E-state index in [-0.39, 0.29) is 11.9 Å². The summed E-state index contributed by atoms with van der Waals surface area (Å²) in [6.07, 6.45) is 5.40. The van der Waals surface area contributed by atoms with Crippen molar-refractivity contribution >= 4 is 16.9 Å². The highest BCUT2D eigenvalue weighted by Crippen LogP contribution is 2.31. The summed E-state index contributed by atoms with van der Waals surface area (Å²) in [7, 11) is 0. The molecule has 4 rings (SSSR count). The molecule has 1 aromatic carbocycles. The first-order valence-corrected chi connectivity index (χ1v) is 8.95. The Morgan fingerprint density at radius 1 is 1.28 bits per heavy atom. The number of nitrogens with zero attached hydrogens (tertiary/aromatic N) is 4. The molecule has 3 heterocycles. The SMILES string of the molecule is Cc1ccnn1CCC(=O)N1CCCCC1c1nc2ccccc2[nH]1. The lowest BCUT2D eigenvalue weighted by Gasteiger charge is -2.34. The molecule has 0 saturated carbocycles. The van der Waals surface area contributed by atoms with Crippen LogP contribution in [-0.4, -0.2) is 37.1 Å². The lowest BCUT2D eigenvalue weighted by molar-refractivity contribution is -0.135. The summed E-state index contributed by atoms with van der Waals surface area (Å²) >= 11 is 0. The van der Waals surface area contributed by atoms with E-state index in [1.807, 2.05) is 46.8 Å². The van der Waals surface area contributed by atoms with Crippen molar-refractivity contribution in [3.8, 4) is 0 Å². The lowest BCUT2D eigenvalue weighted by Crippen LogP contribution is -2.39. The monoisotopic (exact) mass is 337 g/mol. The minimum absolute atomic E-state index is 0.0485. The highest BCUT2D eigenvalue weighted by atomic mass is 16.2. The molecule has 0 radical (unpaired) electrons. The third-order valence-electron chi connectivity index (χ3n) is 5.01. The van der Waals surface area contributed by atoms with Crippen LogP contribution in [0, 0.1) is 6.92 Å². The molecule has 1 aliphatic heterocycles. The fourth-order valence-electron chi connectivity index (χ4n) is 3.62. The van der Waals surface area contributed by atoms with Crippen LogP contribution < -0.4 is 0 Å². The van der Waals surface area contributed by atoms with Crippen LogP contribution in [0.2, 0.25) is 0 Å². The van der Waals surface area contributed by atoms with Gasteiger partial charge in [-0.15, -0.1) is 0 Å². The maximum Gasteiger partial charge on any atom is 0.225 e. The molecule has 0 aliphatic carbocycles. The molecule has 1 aliphatic rings. The van der Waals surface area contributed by atoms with Gasteiger partial charge in [0.05, 0.1) is 17.1 Å². The Morgan fingerprint density at radius 3 is 2.96 bits per heavy atom. The second kappa shape index (κ2) is 6.70. The molecule has 1 saturated heterocycles. The average molecular weight is 337 g/mol. The second-order valence-corrected chi connectivity index (χ2v) is 6.68. The van der Waals surface area contributed by atoms with Crippen molar-refractivity contribution in [2.45, 2.75) is 45.2 Å². The van der Waals surface area contributed by atoms with Crippen LogP contribution in [0.3, 0.4) is 0 Å². The van der Waals surface area contributed by atoms with Crippen LogP contribution in [0.15, 0.2) is 36.5 Å². The highest BCUT2D eigenvalue weighted by molar-refractivity contribution is 5.77. The van der Waals surface area contributed by atoms with E-state index >= 15 is 0 Å². The standard InChI is InChI=1S/C19H23N5O/c1-14-9-11-20-24(14)13-10-18(25)23-12-5-4-8-17(23)19-21-15-6-2-3-7-16(15)22-19/h2-3,6-7,9,11,17H,4-5,8,10,12-13H2,1H3,(H,21,22). The van der Waals surface area contributed by atoms with Gasteiger partial charge < -0.3 is 9.88 Å². The smallest absolute Gasteiger partial charge is 0.225 e. The summed E-state index contributed by atoms with van der Waals surface area (Å²) in [5.74, 6) is 1.09. The maximum atomic E-state index is 12.8. The van der Waals surface area contributed by atoms with Crippen molar-refractivity contribution in [3.63, 3.8) is 0 Å². The molecular formula is C19H23N5O. The van der Waals surface area contributed by atoms with Gasteiger partial charge in [0.25, 0.3) is 0 Å². The molecule has 6 nitrogen and oxygen atoms in total. The number of benzene rings is 1. The number of carbonyl (C=O) groups excluding carboxylic acids is 1. The van der Waals surface area contributed by atoms with Gasteiger partial charge in [0.15, 0.2) is 0 Å². The van der Waals surface area contributed by atoms with Crippen molar-refractivity contribution < 1.29 is 4.79 Å². The van der Waals surface area contributed by atoms with Gasteiger partial charge in [-0.2, -0.15) is 5.10 Å². The predicted octanol–water partition coefficient (Wildman–Crippen LogP) is 3.21. The Morgan fingerprint density at radius 2 is 2.16 bits per heavy atom. The van der Waals surface area contributed by atoms with Gasteiger partial charge in [-0.3, -0.25) is 9.48 Å². The zero-order valence-corrected chi connectivity index (χ0v) is 14.5. The third kappa shape index (κ3) is 3.16. The number of aromatic amines is 1. The van der Waals surface area contributed by atoms with E-state index < -0.39 is 0 Å². The number of rotatable bonds is 4. The topological polar surface area (TPSA) is 66.8 Å². The first kappa shape index (κ1) is 15.9. The van der Waals surface area contributed by atoms with E-state index in [1.54, 1.807) is 6.20 Å². The summed E-state index contributed by atoms with van der Waals surface area (Å²) in [5.41, 5.74) is 3.07. The molecule has 25 heavy (non-hydrogen) atoms. The van der Waals surface area contributed by atoms with E-state index in [0.717, 1.165) is 48.4 Å². The van der Waals surface area contributed by atoms with Crippen LogP contribution in [-0.2, 0) is 11.3 Å². The van der Waals surface area contributed by atoms with E-state index in [0.29, 0.717) is 13.0 Å². The molecule has 1 atom stereocenters. The van der Waals surface area contributed by atoms with Gasteiger partial charge in [-0.05, 0) is 44.4 Å². The maximum absolute atomic E-state index is 12.8. The van der Waals surface area contributed by atoms with E-state index in [2.05, 4.69) is 10.1 Å². The summed E-state index contributed by atoms with van der Waals surface area (Å²) in [5, 5.41) is 4.27. The first-order valence-electron chi connectivity index (χ1n) is 8.95. The van der Waals surface area contributed by atoms with Crippen LogP contribution in [0.25, 0.3) is 11.0 Å². The minimum atomic E-state index is 0.0485. The minimum Gasteiger partial charge on any atom is -0.340 e. The molecule has 1 N–H and O–H groups in total. The van der Waals surface area contributed by atoms with Gasteiger partial charge in [-0.25, -0.2) is 4.98 Å². The lowest BCUT2D eigenvalue weighted by atomic mass is 10.0. The summed E-state index contributed by atoms with van der Waals surface area (Å²) in [4.78, 5) is 23.0. The molecule has 0 bridgehead atoms. The van der Waals surface area contributed by atoms with Crippen molar-refractivity contribution in [3.05, 3.63) is 48.0 Å². The van der Waals surface area contributed by atoms with Gasteiger partial charge in [-0.1, -0.05) is 12.1 Å². The van der Waals surface area contributed by atoms with Gasteiger partial charge in [0.2, 0.25) is 5.91 Å². The number of amides is 1. The number of nitrogens with one attached hydrogen (secondary N) is 1. The number of aromatic nitrogens is 4. The van der Waals surface area contributed by atoms with Crippen molar-refractivity contribution in [2.24, 2.45) is 0 Å². The number of hydrogen-bond acceptors (Lipinski definition) is 3. The van der Waals surface area contributed by atoms with Gasteiger partial charge >= 0.3 is 0 Å². The first-order chi connectivity index (χ1) is 12.2. The number of likely N-dealkylation sites (tertiary alicyclic amines) is 1. The second-order valence-electron chi connectivity index (χ2n) is 6.68. The van der Waals surface area contributed by atoms with Crippen molar-refractivity contribution in [1.82, 2.24) is 24.6 Å². The number of aryl methyl sites for hydroxylation is 2. The van der Waals surface area contributed by atoms with E-state index in [9.17, 15) is 4.79 Å². The van der Waals surface area contributed by atoms with Crippen LogP contribution >= 0.6 is 0 Å². The molecule has 130 valence electrons. The number of hydrogen-bond donors (Lipinski definition) is 1. The average Bonchev–Trinajstić information content (AvgIpc) is 3.25. The molecule has 3 aromatic rings. The highest BCUT2D eigenvalue weighted by Gasteiger charge is 2.29. The number of imidazole rings is 1. The number of fused-ring (bicyclic) bond motifs is 1. The summed E-state index contributed by atoms with van der Waals surface area (Å²) < 4.78 is 1.89. The number of para-hydroxylation sites is 2. The number of carbonyl (C=O) groups is 1. The van der Waals surface area contributed by atoms with Crippen molar-refractivity contribution in [1.29, 1.82) is 0 Å². The van der Waals surface area contributed by atoms with Gasteiger partial charge in [0, 0.05) is 31.4 Å². The summed E-state index contributed by atoms with van der Waals surface area (Å²) in [6, 6.07) is 10.0. The Balaban J connectivity index is 1.52. The quantitative estimate of drug-likeness (QED) is 0.795.